The number of hydrogen-bond acceptors (Lipinski definition) is 8. The zero-order valence-corrected chi connectivity index (χ0v) is 27.2. The van der Waals surface area contributed by atoms with E-state index >= 15 is 0 Å². The highest BCUT2D eigenvalue weighted by molar-refractivity contribution is 6.00. The van der Waals surface area contributed by atoms with E-state index in [9.17, 15) is 0 Å². The van der Waals surface area contributed by atoms with Gasteiger partial charge in [-0.05, 0) is 73.0 Å². The van der Waals surface area contributed by atoms with E-state index in [2.05, 4.69) is 50.7 Å². The number of fused-ring (bicyclic) bond motifs is 1. The highest BCUT2D eigenvalue weighted by Crippen LogP contribution is 2.34. The molecule has 0 amide bonds. The van der Waals surface area contributed by atoms with Crippen LogP contribution in [-0.2, 0) is 11.3 Å². The molecule has 0 saturated carbocycles. The van der Waals surface area contributed by atoms with E-state index in [1.165, 1.54) is 5.56 Å². The van der Waals surface area contributed by atoms with Gasteiger partial charge in [-0.15, -0.1) is 47.4 Å². The Kier molecular flexibility index (Phi) is 15.1. The number of ether oxygens (including phenoxy) is 4. The van der Waals surface area contributed by atoms with Gasteiger partial charge in [0.25, 0.3) is 0 Å². The Balaban J connectivity index is 0.00000215. The molecule has 1 N–H and O–H groups in total. The average molecular weight is 652 g/mol. The molecule has 1 aliphatic heterocycles. The van der Waals surface area contributed by atoms with E-state index in [1.54, 1.807) is 21.3 Å². The fourth-order valence-electron chi connectivity index (χ4n) is 5.10. The van der Waals surface area contributed by atoms with E-state index in [0.717, 1.165) is 90.6 Å². The molecule has 2 heterocycles. The van der Waals surface area contributed by atoms with E-state index < -0.39 is 0 Å². The molecule has 4 aromatic rings. The van der Waals surface area contributed by atoms with Crippen LogP contribution in [0.1, 0.15) is 24.8 Å². The van der Waals surface area contributed by atoms with Crippen molar-refractivity contribution in [3.05, 3.63) is 72.3 Å². The van der Waals surface area contributed by atoms with Gasteiger partial charge in [-0.25, -0.2) is 0 Å². The molecule has 8 nitrogen and oxygen atoms in total. The van der Waals surface area contributed by atoms with Gasteiger partial charge in [0.15, 0.2) is 5.82 Å². The molecule has 1 saturated heterocycles. The predicted molar refractivity (Wildman–Crippen MR) is 180 cm³/mol. The van der Waals surface area contributed by atoms with Crippen LogP contribution in [0.4, 0.5) is 5.82 Å². The largest absolute Gasteiger partial charge is 0.497 e. The maximum Gasteiger partial charge on any atom is 0.156 e. The molecule has 0 aliphatic carbocycles. The Bertz CT molecular complexity index is 1390. The first kappa shape index (κ1) is 36.2. The molecule has 1 aliphatic rings. The molecule has 43 heavy (non-hydrogen) atoms. The Morgan fingerprint density at radius 2 is 1.40 bits per heavy atom. The summed E-state index contributed by atoms with van der Waals surface area (Å²) in [5.41, 5.74) is 3.13. The number of nitrogens with zero attached hydrogens (tertiary/aromatic N) is 3. The Morgan fingerprint density at radius 3 is 2.05 bits per heavy atom. The summed E-state index contributed by atoms with van der Waals surface area (Å²) in [7, 11) is 5.07. The minimum atomic E-state index is 0. The number of likely N-dealkylation sites (tertiary alicyclic amines) is 1. The quantitative estimate of drug-likeness (QED) is 0.163. The number of anilines is 1. The number of rotatable bonds is 12. The molecule has 234 valence electrons. The highest BCUT2D eigenvalue weighted by Gasteiger charge is 2.21. The standard InChI is InChI=1S/C32H38N4O4.3ClH/c1-37-19-4-20-40-27-9-5-23(6-10-27)22-36-17-15-25(16-18-36)33-32-30-21-28(39-3)13-14-29(30)31(34-35-32)24-7-11-26(38-2)12-8-24;;;/h5-14,21,25H,4,15-20,22H2,1-3H3,(H,33,35);3*1H. The van der Waals surface area contributed by atoms with Crippen LogP contribution >= 0.6 is 37.2 Å². The van der Waals surface area contributed by atoms with Gasteiger partial charge in [0.05, 0.1) is 20.8 Å². The molecule has 0 spiro atoms. The fraction of sp³-hybridized carbons (Fsp3) is 0.375. The second-order valence-corrected chi connectivity index (χ2v) is 10.1. The van der Waals surface area contributed by atoms with Crippen molar-refractivity contribution >= 4 is 53.8 Å². The summed E-state index contributed by atoms with van der Waals surface area (Å²) in [6, 6.07) is 22.8. The van der Waals surface area contributed by atoms with Crippen LogP contribution < -0.4 is 19.5 Å². The van der Waals surface area contributed by atoms with Crippen molar-refractivity contribution in [2.45, 2.75) is 31.8 Å². The smallest absolute Gasteiger partial charge is 0.156 e. The van der Waals surface area contributed by atoms with Gasteiger partial charge in [-0.3, -0.25) is 4.90 Å². The lowest BCUT2D eigenvalue weighted by molar-refractivity contribution is 0.172. The van der Waals surface area contributed by atoms with Gasteiger partial charge in [0.2, 0.25) is 0 Å². The number of nitrogens with one attached hydrogen (secondary N) is 1. The summed E-state index contributed by atoms with van der Waals surface area (Å²) in [6.07, 6.45) is 2.96. The second-order valence-electron chi connectivity index (χ2n) is 10.1. The summed E-state index contributed by atoms with van der Waals surface area (Å²) in [4.78, 5) is 2.51. The van der Waals surface area contributed by atoms with Crippen molar-refractivity contribution in [1.29, 1.82) is 0 Å². The molecular formula is C32H41Cl3N4O4. The van der Waals surface area contributed by atoms with E-state index in [4.69, 9.17) is 18.9 Å². The van der Waals surface area contributed by atoms with Crippen molar-refractivity contribution in [3.8, 4) is 28.5 Å². The molecule has 1 fully saturated rings. The minimum Gasteiger partial charge on any atom is -0.497 e. The van der Waals surface area contributed by atoms with Crippen molar-refractivity contribution in [2.24, 2.45) is 0 Å². The number of hydrogen-bond donors (Lipinski definition) is 1. The Labute approximate surface area is 272 Å². The predicted octanol–water partition coefficient (Wildman–Crippen LogP) is 7.07. The second kappa shape index (κ2) is 18.0. The molecule has 0 atom stereocenters. The molecule has 3 aromatic carbocycles. The summed E-state index contributed by atoms with van der Waals surface area (Å²) in [5.74, 6) is 3.31. The number of halogens is 3. The van der Waals surface area contributed by atoms with Crippen molar-refractivity contribution in [2.75, 3.05) is 52.9 Å². The van der Waals surface area contributed by atoms with Crippen LogP contribution in [-0.4, -0.2) is 68.8 Å². The van der Waals surface area contributed by atoms with Crippen LogP contribution in [0.3, 0.4) is 0 Å². The van der Waals surface area contributed by atoms with Gasteiger partial charge in [0, 0.05) is 62.1 Å². The lowest BCUT2D eigenvalue weighted by Gasteiger charge is -2.32. The fourth-order valence-corrected chi connectivity index (χ4v) is 5.10. The Morgan fingerprint density at radius 1 is 0.744 bits per heavy atom. The number of methoxy groups -OCH3 is 3. The third-order valence-corrected chi connectivity index (χ3v) is 7.37. The topological polar surface area (TPSA) is 78.0 Å². The number of piperidine rings is 1. The molecule has 11 heteroatoms. The third kappa shape index (κ3) is 9.49. The molecular weight excluding hydrogens is 611 g/mol. The zero-order chi connectivity index (χ0) is 27.7. The van der Waals surface area contributed by atoms with Gasteiger partial charge < -0.3 is 24.3 Å². The van der Waals surface area contributed by atoms with E-state index in [1.807, 2.05) is 36.4 Å². The maximum atomic E-state index is 5.78. The molecule has 0 radical (unpaired) electrons. The lowest BCUT2D eigenvalue weighted by Crippen LogP contribution is -2.38. The number of benzene rings is 3. The van der Waals surface area contributed by atoms with Crippen molar-refractivity contribution in [1.82, 2.24) is 15.1 Å². The summed E-state index contributed by atoms with van der Waals surface area (Å²) in [6.45, 7) is 4.36. The number of aromatic nitrogens is 2. The molecule has 5 rings (SSSR count). The van der Waals surface area contributed by atoms with Crippen LogP contribution in [0.5, 0.6) is 17.2 Å². The van der Waals surface area contributed by atoms with E-state index in [0.29, 0.717) is 12.6 Å². The van der Waals surface area contributed by atoms with Crippen LogP contribution in [0.25, 0.3) is 22.0 Å². The normalized spacial score (nSPS) is 13.3. The van der Waals surface area contributed by atoms with Gasteiger partial charge in [0.1, 0.15) is 22.9 Å². The average Bonchev–Trinajstić information content (AvgIpc) is 3.01. The zero-order valence-electron chi connectivity index (χ0n) is 24.8. The minimum absolute atomic E-state index is 0. The van der Waals surface area contributed by atoms with Crippen LogP contribution in [0.2, 0.25) is 0 Å². The monoisotopic (exact) mass is 650 g/mol. The highest BCUT2D eigenvalue weighted by atomic mass is 35.5. The third-order valence-electron chi connectivity index (χ3n) is 7.37. The van der Waals surface area contributed by atoms with Gasteiger partial charge >= 0.3 is 0 Å². The SMILES string of the molecule is COCCCOc1ccc(CN2CCC(Nc3nnc(-c4ccc(OC)cc4)c4ccc(OC)cc34)CC2)cc1.Cl.Cl.Cl. The van der Waals surface area contributed by atoms with Crippen LogP contribution in [0.15, 0.2) is 66.7 Å². The van der Waals surface area contributed by atoms with Crippen molar-refractivity contribution < 1.29 is 18.9 Å². The van der Waals surface area contributed by atoms with Crippen LogP contribution in [0, 0.1) is 0 Å². The Hall–Kier alpha value is -3.01. The van der Waals surface area contributed by atoms with Gasteiger partial charge in [-0.2, -0.15) is 0 Å². The first-order valence-electron chi connectivity index (χ1n) is 13.8. The van der Waals surface area contributed by atoms with E-state index in [-0.39, 0.29) is 37.2 Å². The molecule has 1 aromatic heterocycles. The summed E-state index contributed by atoms with van der Waals surface area (Å²) < 4.78 is 21.7. The van der Waals surface area contributed by atoms with Crippen molar-refractivity contribution in [3.63, 3.8) is 0 Å². The first-order chi connectivity index (χ1) is 19.7. The lowest BCUT2D eigenvalue weighted by atomic mass is 10.0. The summed E-state index contributed by atoms with van der Waals surface area (Å²) in [5, 5.41) is 15.0. The summed E-state index contributed by atoms with van der Waals surface area (Å²) >= 11 is 0. The molecule has 0 bridgehead atoms. The maximum absolute atomic E-state index is 5.78. The first-order valence-corrected chi connectivity index (χ1v) is 13.8. The van der Waals surface area contributed by atoms with Gasteiger partial charge in [-0.1, -0.05) is 12.1 Å². The molecule has 0 unspecified atom stereocenters.